The van der Waals surface area contributed by atoms with Gasteiger partial charge in [0.1, 0.15) is 11.8 Å². The normalized spacial score (nSPS) is 15.5. The number of Topliss-reactive ketones (excluding diaryl/α,β-unsaturated/α-hetero) is 1. The first-order valence-corrected chi connectivity index (χ1v) is 13.7. The van der Waals surface area contributed by atoms with Crippen molar-refractivity contribution in [2.24, 2.45) is 0 Å². The standard InChI is InChI=1S/C25H24Cl3N3O4S/c1-30(2)10-9-18-15-31(36(33,34)19-6-3-5-17(26)13-19)22-11-16(14-29-25(22)35-18)12-23(32)24-20(27)7-4-8-21(24)28/h3-8,11,13-14,18H,9-10,12,15H2,1-2H3/t18-/m0/s1. The van der Waals surface area contributed by atoms with Gasteiger partial charge in [-0.05, 0) is 62.5 Å². The number of hydrogen-bond acceptors (Lipinski definition) is 6. The molecular weight excluding hydrogens is 545 g/mol. The van der Waals surface area contributed by atoms with E-state index in [1.165, 1.54) is 22.6 Å². The van der Waals surface area contributed by atoms with E-state index in [2.05, 4.69) is 4.98 Å². The van der Waals surface area contributed by atoms with Crippen molar-refractivity contribution in [2.75, 3.05) is 31.5 Å². The first-order valence-electron chi connectivity index (χ1n) is 11.1. The number of ketones is 1. The molecule has 0 amide bonds. The van der Waals surface area contributed by atoms with Gasteiger partial charge in [0.15, 0.2) is 5.78 Å². The second-order valence-electron chi connectivity index (χ2n) is 8.69. The number of halogens is 3. The molecule has 0 spiro atoms. The largest absolute Gasteiger partial charge is 0.471 e. The van der Waals surface area contributed by atoms with Crippen molar-refractivity contribution in [2.45, 2.75) is 23.8 Å². The topological polar surface area (TPSA) is 79.8 Å². The zero-order chi connectivity index (χ0) is 26.0. The number of nitrogens with zero attached hydrogens (tertiary/aromatic N) is 3. The summed E-state index contributed by atoms with van der Waals surface area (Å²) in [5.41, 5.74) is 0.963. The highest BCUT2D eigenvalue weighted by atomic mass is 35.5. The number of anilines is 1. The Balaban J connectivity index is 1.71. The molecule has 0 saturated carbocycles. The molecule has 1 aliphatic rings. The third kappa shape index (κ3) is 5.79. The van der Waals surface area contributed by atoms with Gasteiger partial charge in [-0.15, -0.1) is 0 Å². The lowest BCUT2D eigenvalue weighted by molar-refractivity contribution is 0.0993. The molecule has 0 fully saturated rings. The zero-order valence-corrected chi connectivity index (χ0v) is 22.7. The summed E-state index contributed by atoms with van der Waals surface area (Å²) in [5.74, 6) is -0.125. The average Bonchev–Trinajstić information content (AvgIpc) is 2.82. The Morgan fingerprint density at radius 1 is 1.11 bits per heavy atom. The van der Waals surface area contributed by atoms with E-state index in [1.807, 2.05) is 19.0 Å². The minimum Gasteiger partial charge on any atom is -0.471 e. The van der Waals surface area contributed by atoms with Gasteiger partial charge in [0.2, 0.25) is 5.88 Å². The average molecular weight is 569 g/mol. The number of hydrogen-bond donors (Lipinski definition) is 0. The molecule has 190 valence electrons. The predicted molar refractivity (Wildman–Crippen MR) is 142 cm³/mol. The van der Waals surface area contributed by atoms with Crippen molar-refractivity contribution in [1.82, 2.24) is 9.88 Å². The Labute approximate surface area is 225 Å². The molecular formula is C25H24Cl3N3O4S. The van der Waals surface area contributed by atoms with Crippen LogP contribution in [0.5, 0.6) is 5.88 Å². The second kappa shape index (κ2) is 10.9. The first-order chi connectivity index (χ1) is 17.1. The molecule has 0 N–H and O–H groups in total. The van der Waals surface area contributed by atoms with Crippen LogP contribution in [-0.4, -0.2) is 57.4 Å². The van der Waals surface area contributed by atoms with Gasteiger partial charge in [-0.1, -0.05) is 46.9 Å². The molecule has 1 aliphatic heterocycles. The predicted octanol–water partition coefficient (Wildman–Crippen LogP) is 5.38. The summed E-state index contributed by atoms with van der Waals surface area (Å²) in [4.78, 5) is 19.4. The lowest BCUT2D eigenvalue weighted by Gasteiger charge is -2.35. The van der Waals surface area contributed by atoms with Gasteiger partial charge in [0, 0.05) is 24.2 Å². The van der Waals surface area contributed by atoms with Gasteiger partial charge in [0.25, 0.3) is 10.0 Å². The number of pyridine rings is 1. The van der Waals surface area contributed by atoms with Gasteiger partial charge in [-0.2, -0.15) is 0 Å². The van der Waals surface area contributed by atoms with Gasteiger partial charge < -0.3 is 9.64 Å². The molecule has 0 bridgehead atoms. The highest BCUT2D eigenvalue weighted by Crippen LogP contribution is 2.37. The molecule has 1 atom stereocenters. The van der Waals surface area contributed by atoms with Crippen LogP contribution in [0.4, 0.5) is 5.69 Å². The van der Waals surface area contributed by atoms with Crippen LogP contribution in [0.2, 0.25) is 15.1 Å². The molecule has 3 aromatic rings. The first kappa shape index (κ1) is 26.7. The molecule has 0 aliphatic carbocycles. The number of aromatic nitrogens is 1. The highest BCUT2D eigenvalue weighted by Gasteiger charge is 2.36. The van der Waals surface area contributed by atoms with E-state index < -0.39 is 16.1 Å². The molecule has 0 unspecified atom stereocenters. The number of fused-ring (bicyclic) bond motifs is 1. The molecule has 4 rings (SSSR count). The van der Waals surface area contributed by atoms with Crippen LogP contribution in [0.25, 0.3) is 0 Å². The number of rotatable bonds is 8. The Morgan fingerprint density at radius 2 is 1.81 bits per heavy atom. The SMILES string of the molecule is CN(C)CC[C@H]1CN(S(=O)(=O)c2cccc(Cl)c2)c2cc(CC(=O)c3c(Cl)cccc3Cl)cnc2O1. The lowest BCUT2D eigenvalue weighted by atomic mass is 10.0. The van der Waals surface area contributed by atoms with Crippen molar-refractivity contribution in [3.05, 3.63) is 80.9 Å². The Hall–Kier alpha value is -2.36. The van der Waals surface area contributed by atoms with Gasteiger partial charge in [0.05, 0.1) is 27.0 Å². The number of sulfonamides is 1. The molecule has 7 nitrogen and oxygen atoms in total. The van der Waals surface area contributed by atoms with Crippen LogP contribution in [0.3, 0.4) is 0 Å². The number of ether oxygens (including phenoxy) is 1. The summed E-state index contributed by atoms with van der Waals surface area (Å²) in [7, 11) is -0.123. The molecule has 36 heavy (non-hydrogen) atoms. The zero-order valence-electron chi connectivity index (χ0n) is 19.6. The number of benzene rings is 2. The van der Waals surface area contributed by atoms with Crippen LogP contribution < -0.4 is 9.04 Å². The maximum absolute atomic E-state index is 13.7. The summed E-state index contributed by atoms with van der Waals surface area (Å²) >= 11 is 18.5. The van der Waals surface area contributed by atoms with Gasteiger partial charge >= 0.3 is 0 Å². The number of carbonyl (C=O) groups is 1. The van der Waals surface area contributed by atoms with Crippen molar-refractivity contribution in [3.63, 3.8) is 0 Å². The van der Waals surface area contributed by atoms with E-state index in [0.717, 1.165) is 0 Å². The summed E-state index contributed by atoms with van der Waals surface area (Å²) in [6, 6.07) is 12.5. The van der Waals surface area contributed by atoms with Crippen LogP contribution in [0, 0.1) is 0 Å². The van der Waals surface area contributed by atoms with E-state index in [9.17, 15) is 13.2 Å². The Morgan fingerprint density at radius 3 is 2.47 bits per heavy atom. The summed E-state index contributed by atoms with van der Waals surface area (Å²) in [5, 5.41) is 0.800. The van der Waals surface area contributed by atoms with E-state index in [4.69, 9.17) is 39.5 Å². The molecule has 2 aromatic carbocycles. The summed E-state index contributed by atoms with van der Waals surface area (Å²) < 4.78 is 34.7. The molecule has 0 saturated heterocycles. The molecule has 11 heteroatoms. The fraction of sp³-hybridized carbons (Fsp3) is 0.280. The quantitative estimate of drug-likeness (QED) is 0.340. The monoisotopic (exact) mass is 567 g/mol. The molecule has 2 heterocycles. The van der Waals surface area contributed by atoms with Crippen molar-refractivity contribution >= 4 is 56.3 Å². The van der Waals surface area contributed by atoms with E-state index in [-0.39, 0.29) is 50.8 Å². The van der Waals surface area contributed by atoms with Crippen molar-refractivity contribution in [3.8, 4) is 5.88 Å². The van der Waals surface area contributed by atoms with E-state index in [1.54, 1.807) is 36.4 Å². The molecule has 0 radical (unpaired) electrons. The maximum atomic E-state index is 13.7. The lowest BCUT2D eigenvalue weighted by Crippen LogP contribution is -2.44. The van der Waals surface area contributed by atoms with Crippen molar-refractivity contribution in [1.29, 1.82) is 0 Å². The third-order valence-corrected chi connectivity index (χ3v) is 8.33. The second-order valence-corrected chi connectivity index (χ2v) is 11.8. The van der Waals surface area contributed by atoms with Crippen LogP contribution in [0.15, 0.2) is 59.6 Å². The van der Waals surface area contributed by atoms with Gasteiger partial charge in [-0.25, -0.2) is 13.4 Å². The van der Waals surface area contributed by atoms with Crippen LogP contribution in [-0.2, 0) is 16.4 Å². The van der Waals surface area contributed by atoms with Crippen molar-refractivity contribution < 1.29 is 17.9 Å². The van der Waals surface area contributed by atoms with Gasteiger partial charge in [-0.3, -0.25) is 9.10 Å². The fourth-order valence-electron chi connectivity index (χ4n) is 3.90. The summed E-state index contributed by atoms with van der Waals surface area (Å²) in [6.07, 6.45) is 1.62. The number of carbonyl (C=O) groups excluding carboxylic acids is 1. The molecule has 1 aromatic heterocycles. The van der Waals surface area contributed by atoms with E-state index in [0.29, 0.717) is 23.6 Å². The van der Waals surface area contributed by atoms with Crippen LogP contribution >= 0.6 is 34.8 Å². The smallest absolute Gasteiger partial charge is 0.264 e. The minimum absolute atomic E-state index is 0.0542. The maximum Gasteiger partial charge on any atom is 0.264 e. The van der Waals surface area contributed by atoms with E-state index >= 15 is 0 Å². The Kier molecular flexibility index (Phi) is 8.12. The fourth-order valence-corrected chi connectivity index (χ4v) is 6.30. The third-order valence-electron chi connectivity index (χ3n) is 5.69. The summed E-state index contributed by atoms with van der Waals surface area (Å²) in [6.45, 7) is 0.793. The highest BCUT2D eigenvalue weighted by molar-refractivity contribution is 7.92. The Bertz CT molecular complexity index is 1380. The van der Waals surface area contributed by atoms with Crippen LogP contribution in [0.1, 0.15) is 22.3 Å². The minimum atomic E-state index is -3.99.